The molecule has 0 aromatic heterocycles. The first-order valence-electron chi connectivity index (χ1n) is 18.4. The molecule has 0 unspecified atom stereocenters. The molecule has 1 saturated heterocycles. The Labute approximate surface area is 362 Å². The number of likely N-dealkylation sites (tertiary alicyclic amines) is 1. The van der Waals surface area contributed by atoms with E-state index in [1.807, 2.05) is 0 Å². The third kappa shape index (κ3) is 9.64. The van der Waals surface area contributed by atoms with E-state index in [-0.39, 0.29) is 12.0 Å². The Morgan fingerprint density at radius 2 is 0.580 bits per heavy atom. The molecule has 0 bridgehead atoms. The fourth-order valence-corrected chi connectivity index (χ4v) is 6.72. The number of piperidine rings is 1. The molecule has 1 fully saturated rings. The van der Waals surface area contributed by atoms with Crippen molar-refractivity contribution in [2.24, 2.45) is 0 Å². The summed E-state index contributed by atoms with van der Waals surface area (Å²) in [6, 6.07) is 3.06. The van der Waals surface area contributed by atoms with Crippen LogP contribution in [0.3, 0.4) is 0 Å². The highest BCUT2D eigenvalue weighted by Crippen LogP contribution is 2.66. The van der Waals surface area contributed by atoms with Crippen molar-refractivity contribution >= 4 is 0 Å². The maximum absolute atomic E-state index is 14.6. The van der Waals surface area contributed by atoms with Crippen molar-refractivity contribution in [2.45, 2.75) is 172 Å². The van der Waals surface area contributed by atoms with Gasteiger partial charge in [0.05, 0.1) is 0 Å². The number of alkyl halides is 34. The second-order valence-electron chi connectivity index (χ2n) is 15.5. The molecule has 0 N–H and O–H groups in total. The smallest absolute Gasteiger partial charge is 0.293 e. The Kier molecular flexibility index (Phi) is 16.5. The van der Waals surface area contributed by atoms with Crippen molar-refractivity contribution < 1.29 is 149 Å². The van der Waals surface area contributed by atoms with Crippen molar-refractivity contribution in [1.29, 1.82) is 0 Å². The molecule has 1 nitrogen and oxygen atoms in total. The summed E-state index contributed by atoms with van der Waals surface area (Å²) in [7, 11) is 0. The van der Waals surface area contributed by atoms with E-state index >= 15 is 0 Å². The molecule has 0 radical (unpaired) electrons. The van der Waals surface area contributed by atoms with Crippen molar-refractivity contribution in [1.82, 2.24) is 4.90 Å². The van der Waals surface area contributed by atoms with Gasteiger partial charge in [0, 0.05) is 31.5 Å². The maximum atomic E-state index is 14.6. The monoisotopic (exact) mass is 1100 g/mol. The lowest BCUT2D eigenvalue weighted by Crippen LogP contribution is -2.74. The van der Waals surface area contributed by atoms with Crippen LogP contribution in [0.25, 0.3) is 0 Å². The summed E-state index contributed by atoms with van der Waals surface area (Å²) in [6.07, 6.45) is -28.7. The van der Waals surface area contributed by atoms with E-state index in [2.05, 4.69) is 0 Å². The fraction of sp³-hybridized carbons (Fsp3) is 0.824. The van der Waals surface area contributed by atoms with Gasteiger partial charge in [-0.05, 0) is 44.1 Å². The lowest BCUT2D eigenvalue weighted by Gasteiger charge is -2.44. The molecular formula is C34H27F34N. The van der Waals surface area contributed by atoms with Crippen molar-refractivity contribution in [3.8, 4) is 0 Å². The Bertz CT molecular complexity index is 1750. The van der Waals surface area contributed by atoms with Crippen LogP contribution in [0.1, 0.15) is 63.4 Å². The maximum Gasteiger partial charge on any atom is 0.460 e. The summed E-state index contributed by atoms with van der Waals surface area (Å²) in [5, 5.41) is 0. The molecule has 35 heteroatoms. The summed E-state index contributed by atoms with van der Waals surface area (Å²) < 4.78 is 466. The molecule has 0 spiro atoms. The third-order valence-corrected chi connectivity index (χ3v) is 10.9. The van der Waals surface area contributed by atoms with Crippen LogP contribution in [0.15, 0.2) is 30.3 Å². The van der Waals surface area contributed by atoms with Gasteiger partial charge in [0.25, 0.3) is 0 Å². The topological polar surface area (TPSA) is 3.24 Å². The molecule has 2 atom stereocenters. The normalized spacial score (nSPS) is 19.6. The van der Waals surface area contributed by atoms with Crippen LogP contribution >= 0.6 is 0 Å². The van der Waals surface area contributed by atoms with Crippen LogP contribution in [0.4, 0.5) is 149 Å². The van der Waals surface area contributed by atoms with Gasteiger partial charge < -0.3 is 0 Å². The number of hydrogen-bond donors (Lipinski definition) is 0. The van der Waals surface area contributed by atoms with Gasteiger partial charge in [0.15, 0.2) is 0 Å². The summed E-state index contributed by atoms with van der Waals surface area (Å²) in [5.74, 6) is -117. The van der Waals surface area contributed by atoms with Crippen molar-refractivity contribution in [2.75, 3.05) is 0 Å². The highest BCUT2D eigenvalue weighted by Gasteiger charge is 2.97. The highest BCUT2D eigenvalue weighted by molar-refractivity contribution is 5.18. The molecule has 1 heterocycles. The van der Waals surface area contributed by atoms with E-state index in [9.17, 15) is 149 Å². The summed E-state index contributed by atoms with van der Waals surface area (Å²) in [6.45, 7) is -0.623. The molecule has 406 valence electrons. The molecular weight excluding hydrogens is 1070 g/mol. The molecule has 0 amide bonds. The van der Waals surface area contributed by atoms with Crippen molar-refractivity contribution in [3.63, 3.8) is 0 Å². The number of rotatable bonds is 22. The lowest BCUT2D eigenvalue weighted by molar-refractivity contribution is -0.461. The minimum absolute atomic E-state index is 0.0644. The second kappa shape index (κ2) is 18.4. The molecule has 69 heavy (non-hydrogen) atoms. The second-order valence-corrected chi connectivity index (χ2v) is 15.5. The van der Waals surface area contributed by atoms with E-state index in [1.54, 1.807) is 0 Å². The van der Waals surface area contributed by atoms with E-state index in [0.717, 1.165) is 4.90 Å². The first-order valence-corrected chi connectivity index (χ1v) is 18.4. The largest absolute Gasteiger partial charge is 0.460 e. The molecule has 0 saturated carbocycles. The van der Waals surface area contributed by atoms with Crippen LogP contribution in [0.2, 0.25) is 0 Å². The van der Waals surface area contributed by atoms with Gasteiger partial charge >= 0.3 is 95.3 Å². The fourth-order valence-electron chi connectivity index (χ4n) is 6.72. The lowest BCUT2D eigenvalue weighted by atomic mass is 9.85. The number of benzene rings is 1. The predicted octanol–water partition coefficient (Wildman–Crippen LogP) is 15.8. The van der Waals surface area contributed by atoms with Gasteiger partial charge in [0.2, 0.25) is 0 Å². The standard InChI is InChI=1S/C34H27F34N/c35-19(36,21(39,40)23(43,44)25(47,48)27(51,52)29(55,56)31(59,60)33(63,64)65)13-5-11-17-9-4-10-18(69(17)15-16-7-2-1-3-8-16)12-6-14-20(37,38)22(41,42)24(45,46)26(49,50)28(53,54)30(57,58)32(61,62)34(66,67)68/h1-3,7-8,17-18H,4-6,9-15H2/t17-,18+. The average Bonchev–Trinajstić information content (AvgIpc) is 3.17. The Morgan fingerprint density at radius 1 is 0.333 bits per heavy atom. The zero-order chi connectivity index (χ0) is 54.9. The number of nitrogens with zero attached hydrogens (tertiary/aromatic N) is 1. The molecule has 1 aromatic rings. The first-order chi connectivity index (χ1) is 30.1. The summed E-state index contributed by atoms with van der Waals surface area (Å²) in [5.41, 5.74) is 0.0644. The van der Waals surface area contributed by atoms with Gasteiger partial charge in [0.1, 0.15) is 0 Å². The Hall–Kier alpha value is -3.20. The Morgan fingerprint density at radius 3 is 0.841 bits per heavy atom. The predicted molar refractivity (Wildman–Crippen MR) is 162 cm³/mol. The van der Waals surface area contributed by atoms with Crippen LogP contribution < -0.4 is 0 Å². The van der Waals surface area contributed by atoms with E-state index in [0.29, 0.717) is 0 Å². The SMILES string of the molecule is FC(F)(F)C(F)(F)C(F)(F)C(F)(F)C(F)(F)C(F)(F)C(F)(F)C(F)(F)CCC[C@H]1CCC[C@@H](CCCC(F)(F)C(F)(F)C(F)(F)C(F)(F)C(F)(F)C(F)(F)C(F)(F)C(F)(F)F)N1Cc1ccccc1. The van der Waals surface area contributed by atoms with Gasteiger partial charge in [-0.2, -0.15) is 149 Å². The molecule has 1 aliphatic heterocycles. The summed E-state index contributed by atoms with van der Waals surface area (Å²) in [4.78, 5) is 0.920. The molecule has 1 aliphatic rings. The van der Waals surface area contributed by atoms with Crippen LogP contribution in [-0.2, 0) is 6.54 Å². The highest BCUT2D eigenvalue weighted by atomic mass is 19.4. The zero-order valence-corrected chi connectivity index (χ0v) is 32.9. The van der Waals surface area contributed by atoms with Crippen molar-refractivity contribution in [3.05, 3.63) is 35.9 Å². The van der Waals surface area contributed by atoms with Crippen LogP contribution in [0.5, 0.6) is 0 Å². The van der Waals surface area contributed by atoms with E-state index in [1.165, 1.54) is 30.3 Å². The summed E-state index contributed by atoms with van der Waals surface area (Å²) >= 11 is 0. The van der Waals surface area contributed by atoms with Gasteiger partial charge in [-0.3, -0.25) is 4.90 Å². The van der Waals surface area contributed by atoms with Crippen LogP contribution in [0, 0.1) is 0 Å². The first kappa shape index (κ1) is 61.9. The van der Waals surface area contributed by atoms with Crippen LogP contribution in [-0.4, -0.2) is 112 Å². The number of halogens is 34. The quantitative estimate of drug-likeness (QED) is 0.105. The minimum atomic E-state index is -8.91. The minimum Gasteiger partial charge on any atom is -0.293 e. The van der Waals surface area contributed by atoms with Gasteiger partial charge in [-0.15, -0.1) is 0 Å². The molecule has 1 aromatic carbocycles. The van der Waals surface area contributed by atoms with Gasteiger partial charge in [-0.1, -0.05) is 36.8 Å². The average molecular weight is 1100 g/mol. The number of hydrogen-bond acceptors (Lipinski definition) is 1. The van der Waals surface area contributed by atoms with E-state index in [4.69, 9.17) is 0 Å². The van der Waals surface area contributed by atoms with Gasteiger partial charge in [-0.25, -0.2) is 0 Å². The third-order valence-electron chi connectivity index (χ3n) is 10.9. The van der Waals surface area contributed by atoms with E-state index < -0.39 is 165 Å². The zero-order valence-electron chi connectivity index (χ0n) is 32.9. The Balaban J connectivity index is 2.42. The molecule has 0 aliphatic carbocycles. The molecule has 2 rings (SSSR count).